The monoisotopic (exact) mass is 329 g/mol. The van der Waals surface area contributed by atoms with Crippen molar-refractivity contribution >= 4 is 11.9 Å². The Morgan fingerprint density at radius 1 is 1.30 bits per heavy atom. The van der Waals surface area contributed by atoms with Gasteiger partial charge in [0.2, 0.25) is 5.91 Å². The van der Waals surface area contributed by atoms with Crippen molar-refractivity contribution in [2.24, 2.45) is 5.92 Å². The minimum Gasteiger partial charge on any atom is -0.480 e. The number of carbonyl (C=O) groups excluding carboxylic acids is 1. The number of halogens is 3. The SMILES string of the molecule is CC(Cc1ccc(C(F)(F)F)cc1)C(=O)N1CCC[C@@H]1C(=O)O. The molecule has 1 N–H and O–H groups in total. The van der Waals surface area contributed by atoms with Gasteiger partial charge in [0.1, 0.15) is 6.04 Å². The molecule has 0 spiro atoms. The first kappa shape index (κ1) is 17.3. The van der Waals surface area contributed by atoms with Crippen LogP contribution in [0.1, 0.15) is 30.9 Å². The smallest absolute Gasteiger partial charge is 0.416 e. The maximum absolute atomic E-state index is 12.5. The molecule has 0 aliphatic carbocycles. The molecule has 0 radical (unpaired) electrons. The lowest BCUT2D eigenvalue weighted by molar-refractivity contribution is -0.149. The van der Waals surface area contributed by atoms with Crippen molar-refractivity contribution in [3.63, 3.8) is 0 Å². The lowest BCUT2D eigenvalue weighted by atomic mass is 9.98. The highest BCUT2D eigenvalue weighted by Crippen LogP contribution is 2.29. The molecule has 1 saturated heterocycles. The van der Waals surface area contributed by atoms with Crippen molar-refractivity contribution in [2.75, 3.05) is 6.54 Å². The molecule has 0 saturated carbocycles. The molecule has 2 atom stereocenters. The minimum absolute atomic E-state index is 0.269. The van der Waals surface area contributed by atoms with Gasteiger partial charge in [-0.2, -0.15) is 13.2 Å². The maximum atomic E-state index is 12.5. The summed E-state index contributed by atoms with van der Waals surface area (Å²) in [5.41, 5.74) is -0.115. The van der Waals surface area contributed by atoms with Crippen LogP contribution in [0.5, 0.6) is 0 Å². The highest BCUT2D eigenvalue weighted by atomic mass is 19.4. The quantitative estimate of drug-likeness (QED) is 0.924. The van der Waals surface area contributed by atoms with E-state index in [-0.39, 0.29) is 12.3 Å². The molecular formula is C16H18F3NO3. The van der Waals surface area contributed by atoms with E-state index >= 15 is 0 Å². The number of benzene rings is 1. The van der Waals surface area contributed by atoms with E-state index in [1.165, 1.54) is 17.0 Å². The summed E-state index contributed by atoms with van der Waals surface area (Å²) in [6, 6.07) is 3.89. The zero-order valence-electron chi connectivity index (χ0n) is 12.6. The largest absolute Gasteiger partial charge is 0.480 e. The highest BCUT2D eigenvalue weighted by molar-refractivity contribution is 5.85. The molecular weight excluding hydrogens is 311 g/mol. The number of aliphatic carboxylic acids is 1. The lowest BCUT2D eigenvalue weighted by Crippen LogP contribution is -2.43. The Morgan fingerprint density at radius 2 is 1.91 bits per heavy atom. The number of amides is 1. The summed E-state index contributed by atoms with van der Waals surface area (Å²) in [5, 5.41) is 9.11. The van der Waals surface area contributed by atoms with Gasteiger partial charge in [0, 0.05) is 12.5 Å². The van der Waals surface area contributed by atoms with Crippen LogP contribution in [-0.4, -0.2) is 34.5 Å². The first-order chi connectivity index (χ1) is 10.7. The topological polar surface area (TPSA) is 57.6 Å². The summed E-state index contributed by atoms with van der Waals surface area (Å²) in [6.45, 7) is 2.07. The molecule has 2 rings (SSSR count). The third-order valence-corrected chi connectivity index (χ3v) is 4.07. The molecule has 1 aromatic rings. The highest BCUT2D eigenvalue weighted by Gasteiger charge is 2.36. The van der Waals surface area contributed by atoms with E-state index in [1.807, 2.05) is 0 Å². The van der Waals surface area contributed by atoms with E-state index in [9.17, 15) is 22.8 Å². The molecule has 1 fully saturated rings. The fourth-order valence-corrected chi connectivity index (χ4v) is 2.84. The van der Waals surface area contributed by atoms with Gasteiger partial charge < -0.3 is 10.0 Å². The van der Waals surface area contributed by atoms with Crippen LogP contribution in [0, 0.1) is 5.92 Å². The number of nitrogens with zero attached hydrogens (tertiary/aromatic N) is 1. The Morgan fingerprint density at radius 3 is 2.43 bits per heavy atom. The zero-order chi connectivity index (χ0) is 17.2. The van der Waals surface area contributed by atoms with E-state index in [1.54, 1.807) is 6.92 Å². The maximum Gasteiger partial charge on any atom is 0.416 e. The number of hydrogen-bond acceptors (Lipinski definition) is 2. The van der Waals surface area contributed by atoms with Gasteiger partial charge in [-0.05, 0) is 37.0 Å². The molecule has 1 amide bonds. The van der Waals surface area contributed by atoms with Crippen LogP contribution in [0.25, 0.3) is 0 Å². The number of hydrogen-bond donors (Lipinski definition) is 1. The van der Waals surface area contributed by atoms with Crippen LogP contribution in [-0.2, 0) is 22.2 Å². The number of carboxylic acids is 1. The van der Waals surface area contributed by atoms with Gasteiger partial charge in [0.15, 0.2) is 0 Å². The number of carbonyl (C=O) groups is 2. The van der Waals surface area contributed by atoms with Crippen LogP contribution in [0.15, 0.2) is 24.3 Å². The van der Waals surface area contributed by atoms with Gasteiger partial charge in [0.05, 0.1) is 5.56 Å². The van der Waals surface area contributed by atoms with E-state index in [4.69, 9.17) is 5.11 Å². The minimum atomic E-state index is -4.38. The van der Waals surface area contributed by atoms with Gasteiger partial charge in [-0.25, -0.2) is 4.79 Å². The van der Waals surface area contributed by atoms with Crippen molar-refractivity contribution in [3.8, 4) is 0 Å². The normalized spacial score (nSPS) is 19.7. The molecule has 4 nitrogen and oxygen atoms in total. The number of alkyl halides is 3. The second-order valence-corrected chi connectivity index (χ2v) is 5.83. The van der Waals surface area contributed by atoms with Gasteiger partial charge >= 0.3 is 12.1 Å². The van der Waals surface area contributed by atoms with E-state index in [0.29, 0.717) is 24.9 Å². The van der Waals surface area contributed by atoms with Gasteiger partial charge in [-0.3, -0.25) is 4.79 Å². The van der Waals surface area contributed by atoms with Crippen LogP contribution in [0.2, 0.25) is 0 Å². The fourth-order valence-electron chi connectivity index (χ4n) is 2.84. The molecule has 1 heterocycles. The molecule has 0 aromatic heterocycles. The van der Waals surface area contributed by atoms with E-state index < -0.39 is 29.7 Å². The number of likely N-dealkylation sites (tertiary alicyclic amines) is 1. The van der Waals surface area contributed by atoms with Crippen LogP contribution < -0.4 is 0 Å². The van der Waals surface area contributed by atoms with Crippen molar-refractivity contribution in [1.29, 1.82) is 0 Å². The first-order valence-electron chi connectivity index (χ1n) is 7.39. The molecule has 1 aliphatic heterocycles. The second kappa shape index (κ2) is 6.60. The standard InChI is InChI=1S/C16H18F3NO3/c1-10(14(21)20-8-2-3-13(20)15(22)23)9-11-4-6-12(7-5-11)16(17,18)19/h4-7,10,13H,2-3,8-9H2,1H3,(H,22,23)/t10?,13-/m1/s1. The molecule has 7 heteroatoms. The van der Waals surface area contributed by atoms with E-state index in [2.05, 4.69) is 0 Å². The van der Waals surface area contributed by atoms with Crippen LogP contribution in [0.4, 0.5) is 13.2 Å². The Kier molecular flexibility index (Phi) is 4.97. The van der Waals surface area contributed by atoms with Gasteiger partial charge in [0.25, 0.3) is 0 Å². The predicted octanol–water partition coefficient (Wildman–Crippen LogP) is 2.96. The summed E-state index contributed by atoms with van der Waals surface area (Å²) in [4.78, 5) is 24.9. The Labute approximate surface area is 131 Å². The Hall–Kier alpha value is -2.05. The summed E-state index contributed by atoms with van der Waals surface area (Å²) in [6.07, 6.45) is -3.02. The lowest BCUT2D eigenvalue weighted by Gasteiger charge is -2.25. The molecule has 1 aliphatic rings. The zero-order valence-corrected chi connectivity index (χ0v) is 12.6. The van der Waals surface area contributed by atoms with Crippen LogP contribution >= 0.6 is 0 Å². The summed E-state index contributed by atoms with van der Waals surface area (Å²) in [7, 11) is 0. The molecule has 1 aromatic carbocycles. The Balaban J connectivity index is 2.02. The van der Waals surface area contributed by atoms with E-state index in [0.717, 1.165) is 12.1 Å². The van der Waals surface area contributed by atoms with Crippen molar-refractivity contribution in [3.05, 3.63) is 35.4 Å². The summed E-state index contributed by atoms with van der Waals surface area (Å²) >= 11 is 0. The molecule has 23 heavy (non-hydrogen) atoms. The van der Waals surface area contributed by atoms with Crippen molar-refractivity contribution in [2.45, 2.75) is 38.4 Å². The third kappa shape index (κ3) is 4.03. The van der Waals surface area contributed by atoms with Crippen molar-refractivity contribution < 1.29 is 27.9 Å². The molecule has 126 valence electrons. The third-order valence-electron chi connectivity index (χ3n) is 4.07. The first-order valence-corrected chi connectivity index (χ1v) is 7.39. The average Bonchev–Trinajstić information content (AvgIpc) is 2.95. The van der Waals surface area contributed by atoms with Gasteiger partial charge in [-0.15, -0.1) is 0 Å². The Bertz CT molecular complexity index is 583. The second-order valence-electron chi connectivity index (χ2n) is 5.83. The number of carboxylic acid groups (broad SMARTS) is 1. The van der Waals surface area contributed by atoms with Gasteiger partial charge in [-0.1, -0.05) is 19.1 Å². The van der Waals surface area contributed by atoms with Crippen molar-refractivity contribution in [1.82, 2.24) is 4.90 Å². The molecule has 0 bridgehead atoms. The fraction of sp³-hybridized carbons (Fsp3) is 0.500. The van der Waals surface area contributed by atoms with Crippen LogP contribution in [0.3, 0.4) is 0 Å². The molecule has 1 unspecified atom stereocenters. The predicted molar refractivity (Wildman–Crippen MR) is 76.7 cm³/mol. The number of rotatable bonds is 4. The average molecular weight is 329 g/mol. The summed E-state index contributed by atoms with van der Waals surface area (Å²) in [5.74, 6) is -1.76. The summed E-state index contributed by atoms with van der Waals surface area (Å²) < 4.78 is 37.6.